The second kappa shape index (κ2) is 6.84. The second-order valence-electron chi connectivity index (χ2n) is 6.60. The van der Waals surface area contributed by atoms with Crippen LogP contribution in [0.2, 0.25) is 0 Å². The fraction of sp³-hybridized carbons (Fsp3) is 0.316. The van der Waals surface area contributed by atoms with Crippen LogP contribution in [0.25, 0.3) is 10.9 Å². The van der Waals surface area contributed by atoms with Gasteiger partial charge in [-0.25, -0.2) is 9.37 Å². The Labute approximate surface area is 149 Å². The van der Waals surface area contributed by atoms with E-state index in [1.807, 2.05) is 6.07 Å². The molecular formula is C19H19FN4O2. The predicted octanol–water partition coefficient (Wildman–Crippen LogP) is 3.15. The quantitative estimate of drug-likeness (QED) is 0.755. The molecule has 134 valence electrons. The highest BCUT2D eigenvalue weighted by Gasteiger charge is 2.25. The smallest absolute Gasteiger partial charge is 0.263 e. The number of pyridine rings is 1. The summed E-state index contributed by atoms with van der Waals surface area (Å²) in [6.45, 7) is 0. The molecule has 2 aromatic heterocycles. The minimum atomic E-state index is -0.463. The summed E-state index contributed by atoms with van der Waals surface area (Å²) in [6, 6.07) is 7.57. The average molecular weight is 354 g/mol. The standard InChI is InChI=1S/C19H19FN4O2/c20-12-3-8-17-16(10-12)18(26)24(14-4-6-15(25)7-5-14)19(23-17)22-13-2-1-9-21-11-13/h1-3,8-11,14-15,25H,4-7H2,(H,22,23). The summed E-state index contributed by atoms with van der Waals surface area (Å²) >= 11 is 0. The molecule has 1 saturated carbocycles. The molecule has 6 nitrogen and oxygen atoms in total. The first-order valence-electron chi connectivity index (χ1n) is 8.69. The van der Waals surface area contributed by atoms with Gasteiger partial charge in [-0.2, -0.15) is 0 Å². The lowest BCUT2D eigenvalue weighted by atomic mass is 9.93. The van der Waals surface area contributed by atoms with Crippen LogP contribution in [0.3, 0.4) is 0 Å². The zero-order chi connectivity index (χ0) is 18.1. The van der Waals surface area contributed by atoms with Crippen molar-refractivity contribution in [3.8, 4) is 0 Å². The fourth-order valence-electron chi connectivity index (χ4n) is 3.48. The van der Waals surface area contributed by atoms with E-state index < -0.39 is 5.82 Å². The van der Waals surface area contributed by atoms with Gasteiger partial charge in [-0.05, 0) is 56.0 Å². The number of nitrogens with zero attached hydrogens (tertiary/aromatic N) is 3. The zero-order valence-corrected chi connectivity index (χ0v) is 14.1. The van der Waals surface area contributed by atoms with Crippen molar-refractivity contribution in [1.82, 2.24) is 14.5 Å². The van der Waals surface area contributed by atoms with Gasteiger partial charge in [-0.1, -0.05) is 0 Å². The number of aliphatic hydroxyl groups excluding tert-OH is 1. The molecule has 0 unspecified atom stereocenters. The molecule has 1 aliphatic rings. The molecule has 1 fully saturated rings. The Morgan fingerprint density at radius 2 is 2.00 bits per heavy atom. The average Bonchev–Trinajstić information content (AvgIpc) is 2.65. The van der Waals surface area contributed by atoms with Gasteiger partial charge in [-0.15, -0.1) is 0 Å². The molecule has 4 rings (SSSR count). The second-order valence-corrected chi connectivity index (χ2v) is 6.60. The number of aliphatic hydroxyl groups is 1. The number of nitrogens with one attached hydrogen (secondary N) is 1. The number of hydrogen-bond acceptors (Lipinski definition) is 5. The Morgan fingerprint density at radius 3 is 2.73 bits per heavy atom. The van der Waals surface area contributed by atoms with Crippen LogP contribution in [-0.4, -0.2) is 25.7 Å². The number of halogens is 1. The van der Waals surface area contributed by atoms with Crippen molar-refractivity contribution < 1.29 is 9.50 Å². The van der Waals surface area contributed by atoms with Crippen LogP contribution in [0.4, 0.5) is 16.0 Å². The monoisotopic (exact) mass is 354 g/mol. The topological polar surface area (TPSA) is 80.0 Å². The lowest BCUT2D eigenvalue weighted by Crippen LogP contribution is -2.31. The first-order chi connectivity index (χ1) is 12.6. The van der Waals surface area contributed by atoms with Crippen LogP contribution < -0.4 is 10.9 Å². The Balaban J connectivity index is 1.86. The zero-order valence-electron chi connectivity index (χ0n) is 14.1. The van der Waals surface area contributed by atoms with E-state index >= 15 is 0 Å². The minimum Gasteiger partial charge on any atom is -0.393 e. The van der Waals surface area contributed by atoms with Gasteiger partial charge < -0.3 is 10.4 Å². The Kier molecular flexibility index (Phi) is 4.38. The normalized spacial score (nSPS) is 20.2. The Bertz CT molecular complexity index is 982. The molecule has 0 radical (unpaired) electrons. The highest BCUT2D eigenvalue weighted by molar-refractivity contribution is 5.79. The van der Waals surface area contributed by atoms with E-state index in [1.54, 1.807) is 23.0 Å². The molecule has 7 heteroatoms. The summed E-state index contributed by atoms with van der Waals surface area (Å²) in [7, 11) is 0. The molecular weight excluding hydrogens is 335 g/mol. The molecule has 0 bridgehead atoms. The van der Waals surface area contributed by atoms with Crippen LogP contribution in [0, 0.1) is 5.82 Å². The first kappa shape index (κ1) is 16.7. The third-order valence-electron chi connectivity index (χ3n) is 4.81. The van der Waals surface area contributed by atoms with Crippen molar-refractivity contribution in [1.29, 1.82) is 0 Å². The van der Waals surface area contributed by atoms with Crippen LogP contribution in [-0.2, 0) is 0 Å². The summed E-state index contributed by atoms with van der Waals surface area (Å²) in [6.07, 6.45) is 5.58. The van der Waals surface area contributed by atoms with Gasteiger partial charge in [0.05, 0.1) is 28.9 Å². The van der Waals surface area contributed by atoms with Gasteiger partial charge in [0.1, 0.15) is 5.82 Å². The van der Waals surface area contributed by atoms with Crippen molar-refractivity contribution >= 4 is 22.5 Å². The molecule has 0 amide bonds. The van der Waals surface area contributed by atoms with Crippen molar-refractivity contribution in [3.05, 3.63) is 58.9 Å². The van der Waals surface area contributed by atoms with Gasteiger partial charge in [0.25, 0.3) is 5.56 Å². The van der Waals surface area contributed by atoms with Crippen LogP contribution in [0.5, 0.6) is 0 Å². The van der Waals surface area contributed by atoms with E-state index in [0.29, 0.717) is 42.8 Å². The minimum absolute atomic E-state index is 0.0924. The number of hydrogen-bond donors (Lipinski definition) is 2. The molecule has 0 aliphatic heterocycles. The molecule has 0 spiro atoms. The Hall–Kier alpha value is -2.80. The van der Waals surface area contributed by atoms with Crippen molar-refractivity contribution in [2.75, 3.05) is 5.32 Å². The number of benzene rings is 1. The fourth-order valence-corrected chi connectivity index (χ4v) is 3.48. The summed E-state index contributed by atoms with van der Waals surface area (Å²) in [4.78, 5) is 21.7. The summed E-state index contributed by atoms with van der Waals surface area (Å²) in [5, 5.41) is 13.2. The summed E-state index contributed by atoms with van der Waals surface area (Å²) in [5.41, 5.74) is 0.877. The van der Waals surface area contributed by atoms with Gasteiger partial charge >= 0.3 is 0 Å². The summed E-state index contributed by atoms with van der Waals surface area (Å²) in [5.74, 6) is -0.0570. The van der Waals surface area contributed by atoms with E-state index in [9.17, 15) is 14.3 Å². The molecule has 2 N–H and O–H groups in total. The van der Waals surface area contributed by atoms with E-state index in [4.69, 9.17) is 0 Å². The maximum Gasteiger partial charge on any atom is 0.263 e. The maximum absolute atomic E-state index is 13.7. The van der Waals surface area contributed by atoms with Crippen LogP contribution >= 0.6 is 0 Å². The largest absolute Gasteiger partial charge is 0.393 e. The van der Waals surface area contributed by atoms with E-state index in [2.05, 4.69) is 15.3 Å². The number of rotatable bonds is 3. The van der Waals surface area contributed by atoms with Gasteiger partial charge in [-0.3, -0.25) is 14.3 Å². The van der Waals surface area contributed by atoms with E-state index in [1.165, 1.54) is 18.2 Å². The number of anilines is 2. The highest BCUT2D eigenvalue weighted by atomic mass is 19.1. The Morgan fingerprint density at radius 1 is 1.19 bits per heavy atom. The van der Waals surface area contributed by atoms with Crippen molar-refractivity contribution in [2.24, 2.45) is 0 Å². The number of aromatic nitrogens is 3. The molecule has 1 aromatic carbocycles. The SMILES string of the molecule is O=c1c2cc(F)ccc2nc(Nc2cccnc2)n1C1CCC(O)CC1. The van der Waals surface area contributed by atoms with Crippen molar-refractivity contribution in [2.45, 2.75) is 37.8 Å². The molecule has 1 aliphatic carbocycles. The van der Waals surface area contributed by atoms with Gasteiger partial charge in [0.15, 0.2) is 0 Å². The molecule has 0 atom stereocenters. The molecule has 3 aromatic rings. The van der Waals surface area contributed by atoms with E-state index in [0.717, 1.165) is 0 Å². The van der Waals surface area contributed by atoms with Crippen molar-refractivity contribution in [3.63, 3.8) is 0 Å². The van der Waals surface area contributed by atoms with Gasteiger partial charge in [0.2, 0.25) is 5.95 Å². The number of fused-ring (bicyclic) bond motifs is 1. The van der Waals surface area contributed by atoms with Crippen LogP contribution in [0.1, 0.15) is 31.7 Å². The molecule has 2 heterocycles. The third-order valence-corrected chi connectivity index (χ3v) is 4.81. The molecule has 0 saturated heterocycles. The maximum atomic E-state index is 13.7. The van der Waals surface area contributed by atoms with E-state index in [-0.39, 0.29) is 23.1 Å². The summed E-state index contributed by atoms with van der Waals surface area (Å²) < 4.78 is 15.3. The van der Waals surface area contributed by atoms with Gasteiger partial charge in [0, 0.05) is 12.2 Å². The lowest BCUT2D eigenvalue weighted by Gasteiger charge is -2.29. The molecule has 26 heavy (non-hydrogen) atoms. The highest BCUT2D eigenvalue weighted by Crippen LogP contribution is 2.30. The lowest BCUT2D eigenvalue weighted by molar-refractivity contribution is 0.110. The van der Waals surface area contributed by atoms with Crippen LogP contribution in [0.15, 0.2) is 47.5 Å². The predicted molar refractivity (Wildman–Crippen MR) is 97.0 cm³/mol. The first-order valence-corrected chi connectivity index (χ1v) is 8.69. The third kappa shape index (κ3) is 3.17.